The molecule has 0 unspecified atom stereocenters. The number of benzene rings is 1. The standard InChI is InChI=1S/C19H22N6O2S/c1-3-5-10-15-20-16(27-23-15)12-28-19-22-21-18-24(11-4-2)17(26)13-8-6-7-9-14(13)25(18)19/h6-9H,3-5,10-12H2,1-2H3. The summed E-state index contributed by atoms with van der Waals surface area (Å²) < 4.78 is 8.97. The van der Waals surface area contributed by atoms with Crippen LogP contribution in [0.3, 0.4) is 0 Å². The Balaban J connectivity index is 1.70. The number of unbranched alkanes of at least 4 members (excludes halogenated alkanes) is 1. The van der Waals surface area contributed by atoms with E-state index < -0.39 is 0 Å². The van der Waals surface area contributed by atoms with Crippen LogP contribution in [0.1, 0.15) is 44.8 Å². The summed E-state index contributed by atoms with van der Waals surface area (Å²) in [6.07, 6.45) is 3.80. The normalized spacial score (nSPS) is 11.6. The van der Waals surface area contributed by atoms with E-state index in [1.807, 2.05) is 35.6 Å². The average Bonchev–Trinajstić information content (AvgIpc) is 3.35. The molecule has 3 aromatic heterocycles. The number of aromatic nitrogens is 6. The molecular weight excluding hydrogens is 376 g/mol. The van der Waals surface area contributed by atoms with Gasteiger partial charge in [-0.3, -0.25) is 13.8 Å². The number of hydrogen-bond acceptors (Lipinski definition) is 7. The summed E-state index contributed by atoms with van der Waals surface area (Å²) >= 11 is 1.47. The highest BCUT2D eigenvalue weighted by Crippen LogP contribution is 2.24. The first-order chi connectivity index (χ1) is 13.7. The van der Waals surface area contributed by atoms with Gasteiger partial charge in [-0.1, -0.05) is 49.3 Å². The van der Waals surface area contributed by atoms with Crippen LogP contribution in [0.15, 0.2) is 38.7 Å². The molecule has 0 radical (unpaired) electrons. The Hall–Kier alpha value is -2.68. The molecule has 0 aliphatic heterocycles. The molecule has 4 aromatic rings. The molecule has 0 saturated heterocycles. The highest BCUT2D eigenvalue weighted by atomic mass is 32.2. The first kappa shape index (κ1) is 18.7. The molecule has 3 heterocycles. The zero-order valence-electron chi connectivity index (χ0n) is 16.0. The van der Waals surface area contributed by atoms with Gasteiger partial charge >= 0.3 is 0 Å². The lowest BCUT2D eigenvalue weighted by molar-refractivity contribution is 0.384. The second kappa shape index (κ2) is 8.14. The molecule has 9 heteroatoms. The van der Waals surface area contributed by atoms with Crippen molar-refractivity contribution in [2.75, 3.05) is 0 Å². The number of rotatable bonds is 8. The molecule has 28 heavy (non-hydrogen) atoms. The van der Waals surface area contributed by atoms with Gasteiger partial charge < -0.3 is 4.52 Å². The Kier molecular flexibility index (Phi) is 5.43. The van der Waals surface area contributed by atoms with Gasteiger partial charge in [0.05, 0.1) is 16.7 Å². The molecule has 0 spiro atoms. The van der Waals surface area contributed by atoms with E-state index in [-0.39, 0.29) is 5.56 Å². The van der Waals surface area contributed by atoms with Crippen LogP contribution in [-0.2, 0) is 18.7 Å². The van der Waals surface area contributed by atoms with Gasteiger partial charge in [-0.25, -0.2) is 0 Å². The number of aryl methyl sites for hydroxylation is 2. The predicted molar refractivity (Wildman–Crippen MR) is 108 cm³/mol. The van der Waals surface area contributed by atoms with Gasteiger partial charge in [0.2, 0.25) is 11.7 Å². The van der Waals surface area contributed by atoms with Crippen LogP contribution in [0.2, 0.25) is 0 Å². The van der Waals surface area contributed by atoms with Crippen molar-refractivity contribution in [3.8, 4) is 0 Å². The van der Waals surface area contributed by atoms with E-state index in [9.17, 15) is 4.79 Å². The first-order valence-corrected chi connectivity index (χ1v) is 10.5. The Bertz CT molecular complexity index is 1160. The Morgan fingerprint density at radius 2 is 2.00 bits per heavy atom. The topological polar surface area (TPSA) is 91.1 Å². The fraction of sp³-hybridized carbons (Fsp3) is 0.421. The third-order valence-electron chi connectivity index (χ3n) is 4.51. The highest BCUT2D eigenvalue weighted by molar-refractivity contribution is 7.98. The summed E-state index contributed by atoms with van der Waals surface area (Å²) in [6, 6.07) is 7.55. The van der Waals surface area contributed by atoms with Crippen LogP contribution in [0.25, 0.3) is 16.7 Å². The van der Waals surface area contributed by atoms with Crippen LogP contribution in [0, 0.1) is 0 Å². The zero-order valence-corrected chi connectivity index (χ0v) is 16.8. The van der Waals surface area contributed by atoms with Crippen molar-refractivity contribution in [2.45, 2.75) is 57.0 Å². The molecule has 0 bridgehead atoms. The summed E-state index contributed by atoms with van der Waals surface area (Å²) in [4.78, 5) is 17.3. The number of hydrogen-bond donors (Lipinski definition) is 0. The summed E-state index contributed by atoms with van der Waals surface area (Å²) in [5, 5.41) is 14.0. The second-order valence-corrected chi connectivity index (χ2v) is 7.53. The minimum absolute atomic E-state index is 0.0358. The smallest absolute Gasteiger partial charge is 0.262 e. The predicted octanol–water partition coefficient (Wildman–Crippen LogP) is 3.47. The monoisotopic (exact) mass is 398 g/mol. The fourth-order valence-electron chi connectivity index (χ4n) is 3.16. The lowest BCUT2D eigenvalue weighted by Crippen LogP contribution is -2.23. The molecule has 0 aliphatic carbocycles. The molecule has 146 valence electrons. The number of fused-ring (bicyclic) bond motifs is 3. The number of para-hydroxylation sites is 1. The van der Waals surface area contributed by atoms with Crippen LogP contribution in [0.5, 0.6) is 0 Å². The molecule has 0 N–H and O–H groups in total. The summed E-state index contributed by atoms with van der Waals surface area (Å²) in [6.45, 7) is 4.77. The van der Waals surface area contributed by atoms with Crippen molar-refractivity contribution in [2.24, 2.45) is 0 Å². The maximum Gasteiger partial charge on any atom is 0.262 e. The molecule has 0 aliphatic rings. The zero-order chi connectivity index (χ0) is 19.5. The molecule has 8 nitrogen and oxygen atoms in total. The first-order valence-electron chi connectivity index (χ1n) is 9.53. The van der Waals surface area contributed by atoms with Crippen molar-refractivity contribution < 1.29 is 4.52 Å². The maximum atomic E-state index is 12.9. The van der Waals surface area contributed by atoms with E-state index in [1.54, 1.807) is 4.57 Å². The molecule has 0 atom stereocenters. The molecule has 0 fully saturated rings. The lowest BCUT2D eigenvalue weighted by atomic mass is 10.2. The average molecular weight is 398 g/mol. The highest BCUT2D eigenvalue weighted by Gasteiger charge is 2.17. The van der Waals surface area contributed by atoms with Gasteiger partial charge in [0.15, 0.2) is 11.0 Å². The van der Waals surface area contributed by atoms with Gasteiger partial charge in [0.1, 0.15) is 0 Å². The van der Waals surface area contributed by atoms with E-state index in [0.29, 0.717) is 34.5 Å². The SMILES string of the molecule is CCCCc1noc(CSc2nnc3n(CCC)c(=O)c4ccccc4n23)n1. The van der Waals surface area contributed by atoms with Gasteiger partial charge in [-0.15, -0.1) is 10.2 Å². The minimum Gasteiger partial charge on any atom is -0.338 e. The summed E-state index contributed by atoms with van der Waals surface area (Å²) in [5.74, 6) is 2.37. The van der Waals surface area contributed by atoms with E-state index in [2.05, 4.69) is 27.3 Å². The molecular formula is C19H22N6O2S. The maximum absolute atomic E-state index is 12.9. The van der Waals surface area contributed by atoms with Crippen molar-refractivity contribution in [1.29, 1.82) is 0 Å². The Morgan fingerprint density at radius 3 is 2.82 bits per heavy atom. The van der Waals surface area contributed by atoms with Gasteiger partial charge in [-0.05, 0) is 25.0 Å². The van der Waals surface area contributed by atoms with E-state index in [0.717, 1.165) is 37.0 Å². The molecule has 0 amide bonds. The van der Waals surface area contributed by atoms with Crippen molar-refractivity contribution in [3.05, 3.63) is 46.3 Å². The summed E-state index contributed by atoms with van der Waals surface area (Å²) in [5.41, 5.74) is 0.767. The largest absolute Gasteiger partial charge is 0.338 e. The van der Waals surface area contributed by atoms with Crippen LogP contribution in [0.4, 0.5) is 0 Å². The minimum atomic E-state index is -0.0358. The van der Waals surface area contributed by atoms with E-state index >= 15 is 0 Å². The molecule has 0 saturated carbocycles. The quantitative estimate of drug-likeness (QED) is 0.420. The molecule has 4 rings (SSSR count). The Morgan fingerprint density at radius 1 is 1.14 bits per heavy atom. The van der Waals surface area contributed by atoms with Gasteiger partial charge in [-0.2, -0.15) is 4.98 Å². The Labute approximate surface area is 166 Å². The van der Waals surface area contributed by atoms with Gasteiger partial charge in [0, 0.05) is 13.0 Å². The number of thioether (sulfide) groups is 1. The van der Waals surface area contributed by atoms with Crippen molar-refractivity contribution in [1.82, 2.24) is 29.3 Å². The van der Waals surface area contributed by atoms with Crippen molar-refractivity contribution in [3.63, 3.8) is 0 Å². The fourth-order valence-corrected chi connectivity index (χ4v) is 3.94. The van der Waals surface area contributed by atoms with Gasteiger partial charge in [0.25, 0.3) is 5.56 Å². The van der Waals surface area contributed by atoms with E-state index in [1.165, 1.54) is 11.8 Å². The lowest BCUT2D eigenvalue weighted by Gasteiger charge is -2.10. The van der Waals surface area contributed by atoms with Crippen LogP contribution >= 0.6 is 11.8 Å². The summed E-state index contributed by atoms with van der Waals surface area (Å²) in [7, 11) is 0. The molecule has 1 aromatic carbocycles. The third-order valence-corrected chi connectivity index (χ3v) is 5.43. The van der Waals surface area contributed by atoms with Crippen molar-refractivity contribution >= 4 is 28.4 Å². The van der Waals surface area contributed by atoms with E-state index in [4.69, 9.17) is 4.52 Å². The van der Waals surface area contributed by atoms with Crippen LogP contribution in [-0.4, -0.2) is 29.3 Å². The second-order valence-electron chi connectivity index (χ2n) is 6.59. The third kappa shape index (κ3) is 3.42. The van der Waals surface area contributed by atoms with Crippen LogP contribution < -0.4 is 5.56 Å². The number of nitrogens with zero attached hydrogens (tertiary/aromatic N) is 6.